The molecule has 14 heavy (non-hydrogen) atoms. The zero-order valence-corrected chi connectivity index (χ0v) is 9.46. The molecule has 0 aliphatic carbocycles. The third-order valence-corrected chi connectivity index (χ3v) is 1.50. The van der Waals surface area contributed by atoms with Crippen molar-refractivity contribution in [2.24, 2.45) is 0 Å². The van der Waals surface area contributed by atoms with Crippen LogP contribution in [-0.4, -0.2) is 35.9 Å². The van der Waals surface area contributed by atoms with Gasteiger partial charge >= 0.3 is 5.97 Å². The number of esters is 1. The van der Waals surface area contributed by atoms with Crippen LogP contribution in [0, 0.1) is 0 Å². The number of carbonyl (C=O) groups is 1. The third kappa shape index (κ3) is 8.01. The fraction of sp³-hybridized carbons (Fsp3) is 0.900. The number of aliphatic hydroxyl groups is 1. The first-order valence-electron chi connectivity index (χ1n) is 4.91. The van der Waals surface area contributed by atoms with Crippen LogP contribution >= 0.6 is 0 Å². The van der Waals surface area contributed by atoms with Crippen LogP contribution in [0.1, 0.15) is 34.1 Å². The summed E-state index contributed by atoms with van der Waals surface area (Å²) < 4.78 is 5.15. The first kappa shape index (κ1) is 13.4. The number of carbonyl (C=O) groups excluding carboxylic acids is 1. The summed E-state index contributed by atoms with van der Waals surface area (Å²) in [5, 5.41) is 11.6. The van der Waals surface area contributed by atoms with E-state index in [0.29, 0.717) is 13.0 Å². The molecule has 0 rings (SSSR count). The minimum atomic E-state index is -0.423. The molecule has 0 heterocycles. The molecule has 0 bridgehead atoms. The lowest BCUT2D eigenvalue weighted by molar-refractivity contribution is -0.155. The van der Waals surface area contributed by atoms with E-state index in [1.807, 2.05) is 27.7 Å². The van der Waals surface area contributed by atoms with E-state index in [-0.39, 0.29) is 18.6 Å². The van der Waals surface area contributed by atoms with Crippen molar-refractivity contribution in [1.29, 1.82) is 0 Å². The van der Waals surface area contributed by atoms with Crippen LogP contribution < -0.4 is 5.32 Å². The van der Waals surface area contributed by atoms with E-state index in [1.165, 1.54) is 0 Å². The average Bonchev–Trinajstić information content (AvgIpc) is 1.96. The minimum absolute atomic E-state index is 0.0389. The lowest BCUT2D eigenvalue weighted by Crippen LogP contribution is -2.33. The van der Waals surface area contributed by atoms with Gasteiger partial charge in [-0.05, 0) is 27.7 Å². The van der Waals surface area contributed by atoms with Crippen LogP contribution in [0.3, 0.4) is 0 Å². The molecule has 84 valence electrons. The number of ether oxygens (including phenoxy) is 1. The van der Waals surface area contributed by atoms with Gasteiger partial charge in [-0.25, -0.2) is 0 Å². The molecule has 0 aromatic carbocycles. The van der Waals surface area contributed by atoms with Crippen molar-refractivity contribution in [3.63, 3.8) is 0 Å². The van der Waals surface area contributed by atoms with Gasteiger partial charge < -0.3 is 15.2 Å². The van der Waals surface area contributed by atoms with Gasteiger partial charge in [0.2, 0.25) is 0 Å². The van der Waals surface area contributed by atoms with Gasteiger partial charge in [-0.1, -0.05) is 0 Å². The second kappa shape index (κ2) is 5.98. The normalized spacial score (nSPS) is 13.8. The quantitative estimate of drug-likeness (QED) is 0.645. The summed E-state index contributed by atoms with van der Waals surface area (Å²) in [5.41, 5.74) is -0.423. The zero-order chi connectivity index (χ0) is 11.2. The Labute approximate surface area is 85.6 Å². The Kier molecular flexibility index (Phi) is 5.72. The standard InChI is InChI=1S/C10H21NO3/c1-8(11-5-6-12)7-9(13)14-10(2,3)4/h8,11-12H,5-7H2,1-4H3. The fourth-order valence-electron chi connectivity index (χ4n) is 1.02. The predicted molar refractivity (Wildman–Crippen MR) is 55.0 cm³/mol. The predicted octanol–water partition coefficient (Wildman–Crippen LogP) is 0.689. The lowest BCUT2D eigenvalue weighted by atomic mass is 10.2. The van der Waals surface area contributed by atoms with Gasteiger partial charge in [0.25, 0.3) is 0 Å². The maximum Gasteiger partial charge on any atom is 0.307 e. The summed E-state index contributed by atoms with van der Waals surface area (Å²) in [6.07, 6.45) is 0.331. The molecule has 0 saturated heterocycles. The monoisotopic (exact) mass is 203 g/mol. The average molecular weight is 203 g/mol. The largest absolute Gasteiger partial charge is 0.460 e. The number of rotatable bonds is 5. The summed E-state index contributed by atoms with van der Waals surface area (Å²) in [7, 11) is 0. The fourth-order valence-corrected chi connectivity index (χ4v) is 1.02. The molecule has 0 aliphatic heterocycles. The summed E-state index contributed by atoms with van der Waals surface area (Å²) >= 11 is 0. The van der Waals surface area contributed by atoms with Crippen LogP contribution in [-0.2, 0) is 9.53 Å². The van der Waals surface area contributed by atoms with Crippen molar-refractivity contribution in [3.05, 3.63) is 0 Å². The first-order chi connectivity index (χ1) is 6.35. The number of hydrogen-bond donors (Lipinski definition) is 2. The van der Waals surface area contributed by atoms with E-state index in [0.717, 1.165) is 0 Å². The molecule has 0 aromatic rings. The maximum atomic E-state index is 11.3. The van der Waals surface area contributed by atoms with Gasteiger partial charge in [0.15, 0.2) is 0 Å². The van der Waals surface area contributed by atoms with Crippen molar-refractivity contribution in [3.8, 4) is 0 Å². The Balaban J connectivity index is 3.71. The van der Waals surface area contributed by atoms with E-state index in [2.05, 4.69) is 5.32 Å². The Hall–Kier alpha value is -0.610. The molecule has 4 nitrogen and oxygen atoms in total. The minimum Gasteiger partial charge on any atom is -0.460 e. The molecule has 0 aliphatic rings. The smallest absolute Gasteiger partial charge is 0.307 e. The third-order valence-electron chi connectivity index (χ3n) is 1.50. The Bertz CT molecular complexity index is 175. The molecule has 0 spiro atoms. The molecule has 1 atom stereocenters. The second-order valence-electron chi connectivity index (χ2n) is 4.37. The van der Waals surface area contributed by atoms with Gasteiger partial charge in [0.1, 0.15) is 5.60 Å². The highest BCUT2D eigenvalue weighted by Crippen LogP contribution is 2.08. The summed E-state index contributed by atoms with van der Waals surface area (Å²) in [4.78, 5) is 11.3. The lowest BCUT2D eigenvalue weighted by Gasteiger charge is -2.21. The maximum absolute atomic E-state index is 11.3. The Morgan fingerprint density at radius 3 is 2.50 bits per heavy atom. The van der Waals surface area contributed by atoms with Crippen LogP contribution in [0.5, 0.6) is 0 Å². The van der Waals surface area contributed by atoms with Crippen LogP contribution in [0.4, 0.5) is 0 Å². The van der Waals surface area contributed by atoms with Crippen molar-refractivity contribution in [1.82, 2.24) is 5.32 Å². The van der Waals surface area contributed by atoms with E-state index in [1.54, 1.807) is 0 Å². The van der Waals surface area contributed by atoms with Crippen LogP contribution in [0.2, 0.25) is 0 Å². The summed E-state index contributed by atoms with van der Waals surface area (Å²) in [6, 6.07) is 0.0389. The van der Waals surface area contributed by atoms with Gasteiger partial charge in [-0.15, -0.1) is 0 Å². The molecule has 0 radical (unpaired) electrons. The molecule has 0 amide bonds. The Morgan fingerprint density at radius 2 is 2.07 bits per heavy atom. The zero-order valence-electron chi connectivity index (χ0n) is 9.46. The topological polar surface area (TPSA) is 58.6 Å². The molecule has 1 unspecified atom stereocenters. The number of aliphatic hydroxyl groups excluding tert-OH is 1. The van der Waals surface area contributed by atoms with E-state index >= 15 is 0 Å². The number of nitrogens with one attached hydrogen (secondary N) is 1. The highest BCUT2D eigenvalue weighted by molar-refractivity contribution is 5.70. The molecule has 0 saturated carbocycles. The first-order valence-corrected chi connectivity index (χ1v) is 4.91. The van der Waals surface area contributed by atoms with Crippen LogP contribution in [0.25, 0.3) is 0 Å². The van der Waals surface area contributed by atoms with Crippen molar-refractivity contribution in [2.75, 3.05) is 13.2 Å². The molecular weight excluding hydrogens is 182 g/mol. The van der Waals surface area contributed by atoms with Gasteiger partial charge in [0.05, 0.1) is 13.0 Å². The van der Waals surface area contributed by atoms with E-state index < -0.39 is 5.60 Å². The van der Waals surface area contributed by atoms with Crippen molar-refractivity contribution >= 4 is 5.97 Å². The van der Waals surface area contributed by atoms with Gasteiger partial charge in [-0.3, -0.25) is 4.79 Å². The molecular formula is C10H21NO3. The van der Waals surface area contributed by atoms with Crippen molar-refractivity contribution < 1.29 is 14.6 Å². The van der Waals surface area contributed by atoms with Gasteiger partial charge in [-0.2, -0.15) is 0 Å². The van der Waals surface area contributed by atoms with E-state index in [4.69, 9.17) is 9.84 Å². The molecule has 0 aromatic heterocycles. The van der Waals surface area contributed by atoms with Crippen molar-refractivity contribution in [2.45, 2.75) is 45.8 Å². The SMILES string of the molecule is CC(CC(=O)OC(C)(C)C)NCCO. The summed E-state index contributed by atoms with van der Waals surface area (Å²) in [5.74, 6) is -0.213. The number of hydrogen-bond acceptors (Lipinski definition) is 4. The second-order valence-corrected chi connectivity index (χ2v) is 4.37. The van der Waals surface area contributed by atoms with Gasteiger partial charge in [0, 0.05) is 12.6 Å². The van der Waals surface area contributed by atoms with E-state index in [9.17, 15) is 4.79 Å². The molecule has 0 fully saturated rings. The molecule has 4 heteroatoms. The van der Waals surface area contributed by atoms with Crippen LogP contribution in [0.15, 0.2) is 0 Å². The Morgan fingerprint density at radius 1 is 1.50 bits per heavy atom. The highest BCUT2D eigenvalue weighted by Gasteiger charge is 2.17. The highest BCUT2D eigenvalue weighted by atomic mass is 16.6. The molecule has 2 N–H and O–H groups in total. The summed E-state index contributed by atoms with van der Waals surface area (Å²) in [6.45, 7) is 8.01.